The van der Waals surface area contributed by atoms with E-state index in [1.807, 2.05) is 60.7 Å². The number of hydrogen-bond acceptors (Lipinski definition) is 7. The van der Waals surface area contributed by atoms with Gasteiger partial charge in [-0.25, -0.2) is 4.99 Å². The molecule has 1 aliphatic heterocycles. The maximum Gasteiger partial charge on any atom is 0.317 e. The molecule has 2 aromatic heterocycles. The average Bonchev–Trinajstić information content (AvgIpc) is 3.21. The van der Waals surface area contributed by atoms with Crippen molar-refractivity contribution in [1.29, 1.82) is 0 Å². The van der Waals surface area contributed by atoms with Gasteiger partial charge in [-0.3, -0.25) is 9.78 Å². The quantitative estimate of drug-likeness (QED) is 0.548. The number of nitrogens with zero attached hydrogens (tertiary/aromatic N) is 4. The minimum Gasteiger partial charge on any atom is -0.402 e. The number of nitrogens with one attached hydrogen (secondary N) is 2. The van der Waals surface area contributed by atoms with Crippen LogP contribution in [0.2, 0.25) is 0 Å². The second-order valence-corrected chi connectivity index (χ2v) is 6.55. The lowest BCUT2D eigenvalue weighted by atomic mass is 10.0. The third kappa shape index (κ3) is 3.42. The molecule has 0 spiro atoms. The summed E-state index contributed by atoms with van der Waals surface area (Å²) in [5.74, 6) is -0.0753. The molecule has 2 aromatic carbocycles. The van der Waals surface area contributed by atoms with E-state index in [1.54, 1.807) is 18.3 Å². The zero-order valence-corrected chi connectivity index (χ0v) is 15.7. The predicted octanol–water partition coefficient (Wildman–Crippen LogP) is 3.36. The summed E-state index contributed by atoms with van der Waals surface area (Å²) in [7, 11) is 0. The fraction of sp³-hybridized carbons (Fsp3) is 0.0455. The number of benzodiazepines with no additional fused rings is 1. The van der Waals surface area contributed by atoms with Crippen LogP contribution in [0, 0.1) is 0 Å². The van der Waals surface area contributed by atoms with E-state index in [1.165, 1.54) is 0 Å². The summed E-state index contributed by atoms with van der Waals surface area (Å²) in [5.41, 5.74) is 3.65. The molecule has 0 saturated carbocycles. The third-order valence-electron chi connectivity index (χ3n) is 4.56. The van der Waals surface area contributed by atoms with Gasteiger partial charge in [0, 0.05) is 17.3 Å². The number of hydrogen-bond donors (Lipinski definition) is 2. The van der Waals surface area contributed by atoms with Gasteiger partial charge in [-0.05, 0) is 18.2 Å². The van der Waals surface area contributed by atoms with Gasteiger partial charge in [0.1, 0.15) is 5.69 Å². The van der Waals surface area contributed by atoms with Crippen LogP contribution in [0.5, 0.6) is 0 Å². The molecule has 1 atom stereocenters. The lowest BCUT2D eigenvalue weighted by Crippen LogP contribution is -2.32. The number of benzene rings is 2. The Labute approximate surface area is 171 Å². The summed E-state index contributed by atoms with van der Waals surface area (Å²) in [5, 5.41) is 13.8. The summed E-state index contributed by atoms with van der Waals surface area (Å²) < 4.78 is 5.63. The highest BCUT2D eigenvalue weighted by Crippen LogP contribution is 2.25. The monoisotopic (exact) mass is 396 g/mol. The third-order valence-corrected chi connectivity index (χ3v) is 4.56. The molecule has 1 amide bonds. The fourth-order valence-corrected chi connectivity index (χ4v) is 3.17. The maximum absolute atomic E-state index is 12.9. The van der Waals surface area contributed by atoms with E-state index in [0.29, 0.717) is 17.1 Å². The fourth-order valence-electron chi connectivity index (χ4n) is 3.17. The highest BCUT2D eigenvalue weighted by Gasteiger charge is 2.27. The largest absolute Gasteiger partial charge is 0.402 e. The summed E-state index contributed by atoms with van der Waals surface area (Å²) >= 11 is 0. The Morgan fingerprint density at radius 1 is 0.900 bits per heavy atom. The van der Waals surface area contributed by atoms with E-state index in [2.05, 4.69) is 25.8 Å². The number of aliphatic imine (C=N–C) groups is 1. The molecule has 8 nitrogen and oxygen atoms in total. The van der Waals surface area contributed by atoms with Crippen molar-refractivity contribution in [1.82, 2.24) is 15.2 Å². The maximum atomic E-state index is 12.9. The number of carbonyl (C=O) groups excluding carboxylic acids is 1. The molecule has 146 valence electrons. The van der Waals surface area contributed by atoms with Gasteiger partial charge in [0.25, 0.3) is 11.8 Å². The van der Waals surface area contributed by atoms with Crippen LogP contribution in [0.15, 0.2) is 88.4 Å². The van der Waals surface area contributed by atoms with Crippen molar-refractivity contribution in [3.8, 4) is 11.6 Å². The standard InChI is InChI=1S/C22H16N6O2/c29-20-19(26-22-28-27-21(30-22)17-12-6-7-13-23-17)25-18(14-8-2-1-3-9-14)15-10-4-5-11-16(15)24-20/h1-13,19H,(H,24,29)(H,26,28)/t19-/m1/s1. The molecule has 30 heavy (non-hydrogen) atoms. The molecule has 1 aliphatic rings. The molecule has 2 N–H and O–H groups in total. The number of aromatic nitrogens is 3. The Bertz CT molecular complexity index is 1220. The van der Waals surface area contributed by atoms with Gasteiger partial charge in [-0.15, -0.1) is 5.10 Å². The lowest BCUT2D eigenvalue weighted by Gasteiger charge is -2.11. The number of rotatable bonds is 4. The Hall–Kier alpha value is -4.33. The number of anilines is 2. The van der Waals surface area contributed by atoms with E-state index in [4.69, 9.17) is 9.41 Å². The first-order valence-electron chi connectivity index (χ1n) is 9.33. The molecule has 8 heteroatoms. The number of carbonyl (C=O) groups is 1. The van der Waals surface area contributed by atoms with E-state index < -0.39 is 6.17 Å². The van der Waals surface area contributed by atoms with Crippen molar-refractivity contribution >= 4 is 23.3 Å². The van der Waals surface area contributed by atoms with Gasteiger partial charge >= 0.3 is 6.01 Å². The normalized spacial score (nSPS) is 15.5. The Morgan fingerprint density at radius 2 is 1.70 bits per heavy atom. The van der Waals surface area contributed by atoms with E-state index >= 15 is 0 Å². The first kappa shape index (κ1) is 17.7. The average molecular weight is 396 g/mol. The van der Waals surface area contributed by atoms with Crippen molar-refractivity contribution < 1.29 is 9.21 Å². The van der Waals surface area contributed by atoms with E-state index in [-0.39, 0.29) is 17.8 Å². The van der Waals surface area contributed by atoms with Gasteiger partial charge in [-0.2, -0.15) is 0 Å². The van der Waals surface area contributed by atoms with Crippen molar-refractivity contribution in [3.05, 3.63) is 90.1 Å². The van der Waals surface area contributed by atoms with E-state index in [9.17, 15) is 4.79 Å². The van der Waals surface area contributed by atoms with Gasteiger partial charge < -0.3 is 15.1 Å². The Balaban J connectivity index is 1.51. The van der Waals surface area contributed by atoms with Crippen LogP contribution < -0.4 is 10.6 Å². The second kappa shape index (κ2) is 7.59. The molecular weight excluding hydrogens is 380 g/mol. The summed E-state index contributed by atoms with van der Waals surface area (Å²) in [4.78, 5) is 21.7. The van der Waals surface area contributed by atoms with Crippen LogP contribution in [0.3, 0.4) is 0 Å². The first-order chi connectivity index (χ1) is 14.8. The predicted molar refractivity (Wildman–Crippen MR) is 112 cm³/mol. The van der Waals surface area contributed by atoms with Crippen LogP contribution >= 0.6 is 0 Å². The van der Waals surface area contributed by atoms with Crippen LogP contribution in [0.25, 0.3) is 11.6 Å². The number of amides is 1. The highest BCUT2D eigenvalue weighted by molar-refractivity contribution is 6.19. The van der Waals surface area contributed by atoms with Crippen molar-refractivity contribution in [2.24, 2.45) is 4.99 Å². The number of fused-ring (bicyclic) bond motifs is 1. The van der Waals surface area contributed by atoms with Gasteiger partial charge in [-0.1, -0.05) is 59.7 Å². The van der Waals surface area contributed by atoms with Crippen molar-refractivity contribution in [2.45, 2.75) is 6.17 Å². The highest BCUT2D eigenvalue weighted by atomic mass is 16.4. The molecule has 5 rings (SSSR count). The van der Waals surface area contributed by atoms with E-state index in [0.717, 1.165) is 11.1 Å². The van der Waals surface area contributed by atoms with Crippen LogP contribution in [-0.2, 0) is 4.79 Å². The minimum atomic E-state index is -0.954. The Morgan fingerprint density at radius 3 is 2.53 bits per heavy atom. The lowest BCUT2D eigenvalue weighted by molar-refractivity contribution is -0.116. The molecule has 0 bridgehead atoms. The Kier molecular flexibility index (Phi) is 4.49. The zero-order chi connectivity index (χ0) is 20.3. The molecular formula is C22H16N6O2. The van der Waals surface area contributed by atoms with Gasteiger partial charge in [0.2, 0.25) is 6.17 Å². The molecule has 3 heterocycles. The summed E-state index contributed by atoms with van der Waals surface area (Å²) in [6, 6.07) is 22.7. The van der Waals surface area contributed by atoms with Crippen molar-refractivity contribution in [2.75, 3.05) is 10.6 Å². The SMILES string of the molecule is O=C1Nc2ccccc2C(c2ccccc2)=N[C@@H]1Nc1nnc(-c2ccccn2)o1. The number of pyridine rings is 1. The topological polar surface area (TPSA) is 105 Å². The summed E-state index contributed by atoms with van der Waals surface area (Å²) in [6.07, 6.45) is 0.684. The molecule has 0 unspecified atom stereocenters. The molecule has 0 saturated heterocycles. The molecule has 0 radical (unpaired) electrons. The smallest absolute Gasteiger partial charge is 0.317 e. The van der Waals surface area contributed by atoms with Crippen LogP contribution in [-0.4, -0.2) is 33.0 Å². The summed E-state index contributed by atoms with van der Waals surface area (Å²) in [6.45, 7) is 0. The van der Waals surface area contributed by atoms with Crippen LogP contribution in [0.4, 0.5) is 11.7 Å². The van der Waals surface area contributed by atoms with Gasteiger partial charge in [0.15, 0.2) is 0 Å². The van der Waals surface area contributed by atoms with Gasteiger partial charge in [0.05, 0.1) is 11.4 Å². The molecule has 0 fully saturated rings. The molecule has 4 aromatic rings. The second-order valence-electron chi connectivity index (χ2n) is 6.55. The molecule has 0 aliphatic carbocycles. The minimum absolute atomic E-state index is 0.0814. The zero-order valence-electron chi connectivity index (χ0n) is 15.7. The van der Waals surface area contributed by atoms with Crippen molar-refractivity contribution in [3.63, 3.8) is 0 Å². The first-order valence-corrected chi connectivity index (χ1v) is 9.33. The number of para-hydroxylation sites is 1. The van der Waals surface area contributed by atoms with Crippen LogP contribution in [0.1, 0.15) is 11.1 Å².